The van der Waals surface area contributed by atoms with Crippen LogP contribution in [0, 0.1) is 12.3 Å². The highest BCUT2D eigenvalue weighted by Crippen LogP contribution is 1.96. The van der Waals surface area contributed by atoms with Gasteiger partial charge in [-0.2, -0.15) is 0 Å². The molecule has 0 atom stereocenters. The third kappa shape index (κ3) is 7.15. The topological polar surface area (TPSA) is 9.23 Å². The molecule has 0 heterocycles. The maximum Gasteiger partial charge on any atom is 0.0512 e. The lowest BCUT2D eigenvalue weighted by molar-refractivity contribution is 0.135. The van der Waals surface area contributed by atoms with Gasteiger partial charge in [-0.1, -0.05) is 25.8 Å². The van der Waals surface area contributed by atoms with Gasteiger partial charge in [0.05, 0.1) is 6.61 Å². The second-order valence-corrected chi connectivity index (χ2v) is 2.46. The quantitative estimate of drug-likeness (QED) is 0.419. The van der Waals surface area contributed by atoms with Crippen LogP contribution in [0.25, 0.3) is 0 Å². The zero-order chi connectivity index (χ0) is 8.53. The third-order valence-electron chi connectivity index (χ3n) is 1.39. The van der Waals surface area contributed by atoms with Crippen molar-refractivity contribution in [1.29, 1.82) is 0 Å². The van der Waals surface area contributed by atoms with Gasteiger partial charge in [-0.05, 0) is 12.0 Å². The highest BCUT2D eigenvalue weighted by molar-refractivity contribution is 5.20. The molecule has 0 radical (unpaired) electrons. The van der Waals surface area contributed by atoms with E-state index in [0.717, 1.165) is 25.0 Å². The minimum atomic E-state index is 0.711. The molecular formula is C10H16O. The first-order chi connectivity index (χ1) is 5.31. The van der Waals surface area contributed by atoms with Crippen LogP contribution in [-0.4, -0.2) is 13.2 Å². The largest absolute Gasteiger partial charge is 0.381 e. The molecule has 0 aromatic heterocycles. The van der Waals surface area contributed by atoms with Gasteiger partial charge in [0.2, 0.25) is 0 Å². The Kier molecular flexibility index (Phi) is 6.87. The zero-order valence-corrected chi connectivity index (χ0v) is 7.23. The monoisotopic (exact) mass is 152 g/mol. The van der Waals surface area contributed by atoms with Gasteiger partial charge in [-0.15, -0.1) is 6.42 Å². The van der Waals surface area contributed by atoms with Crippen LogP contribution in [0.2, 0.25) is 0 Å². The van der Waals surface area contributed by atoms with Gasteiger partial charge >= 0.3 is 0 Å². The maximum absolute atomic E-state index is 5.29. The Balaban J connectivity index is 3.03. The summed E-state index contributed by atoms with van der Waals surface area (Å²) in [4.78, 5) is 0. The molecule has 0 unspecified atom stereocenters. The van der Waals surface area contributed by atoms with E-state index in [1.807, 2.05) is 0 Å². The summed E-state index contributed by atoms with van der Waals surface area (Å²) in [5.41, 5.74) is 0.821. The molecule has 0 saturated heterocycles. The molecule has 0 saturated carbocycles. The summed E-state index contributed by atoms with van der Waals surface area (Å²) in [5, 5.41) is 0. The van der Waals surface area contributed by atoms with Gasteiger partial charge in [0.1, 0.15) is 0 Å². The van der Waals surface area contributed by atoms with E-state index in [4.69, 9.17) is 11.2 Å². The highest BCUT2D eigenvalue weighted by atomic mass is 16.5. The molecule has 0 amide bonds. The summed E-state index contributed by atoms with van der Waals surface area (Å²) in [6.45, 7) is 7.37. The number of rotatable bonds is 6. The average molecular weight is 152 g/mol. The Morgan fingerprint density at radius 3 is 2.82 bits per heavy atom. The fourth-order valence-corrected chi connectivity index (χ4v) is 0.616. The lowest BCUT2D eigenvalue weighted by Gasteiger charge is -2.01. The molecule has 0 fully saturated rings. The van der Waals surface area contributed by atoms with Crippen LogP contribution in [0.5, 0.6) is 0 Å². The maximum atomic E-state index is 5.29. The summed E-state index contributed by atoms with van der Waals surface area (Å²) in [6.07, 6.45) is 8.20. The van der Waals surface area contributed by atoms with E-state index in [-0.39, 0.29) is 0 Å². The van der Waals surface area contributed by atoms with E-state index in [2.05, 4.69) is 19.4 Å². The summed E-state index contributed by atoms with van der Waals surface area (Å²) in [5.74, 6) is 2.48. The van der Waals surface area contributed by atoms with Crippen molar-refractivity contribution in [1.82, 2.24) is 0 Å². The standard InChI is InChI=1S/C10H16O/c1-4-6-8-11-9-7-10(3)5-2/h2H,3-4,6-9H2,1H3. The molecule has 1 heteroatoms. The lowest BCUT2D eigenvalue weighted by Crippen LogP contribution is -1.96. The summed E-state index contributed by atoms with van der Waals surface area (Å²) in [7, 11) is 0. The van der Waals surface area contributed by atoms with Gasteiger partial charge in [0, 0.05) is 13.0 Å². The van der Waals surface area contributed by atoms with Crippen molar-refractivity contribution < 1.29 is 4.74 Å². The van der Waals surface area contributed by atoms with Crippen molar-refractivity contribution in [2.75, 3.05) is 13.2 Å². The average Bonchev–Trinajstić information content (AvgIpc) is 2.04. The Bertz CT molecular complexity index is 141. The van der Waals surface area contributed by atoms with Gasteiger partial charge in [-0.25, -0.2) is 0 Å². The number of hydrogen-bond donors (Lipinski definition) is 0. The molecule has 0 aliphatic heterocycles. The number of ether oxygens (including phenoxy) is 1. The summed E-state index contributed by atoms with van der Waals surface area (Å²) in [6, 6.07) is 0. The number of terminal acetylenes is 1. The van der Waals surface area contributed by atoms with Gasteiger partial charge in [0.15, 0.2) is 0 Å². The van der Waals surface area contributed by atoms with Crippen molar-refractivity contribution in [2.45, 2.75) is 26.2 Å². The van der Waals surface area contributed by atoms with Crippen LogP contribution in [0.15, 0.2) is 12.2 Å². The van der Waals surface area contributed by atoms with Crippen LogP contribution in [0.3, 0.4) is 0 Å². The summed E-state index contributed by atoms with van der Waals surface area (Å²) < 4.78 is 5.29. The van der Waals surface area contributed by atoms with Crippen molar-refractivity contribution in [3.63, 3.8) is 0 Å². The van der Waals surface area contributed by atoms with E-state index in [0.29, 0.717) is 6.61 Å². The van der Waals surface area contributed by atoms with Gasteiger partial charge < -0.3 is 4.74 Å². The molecule has 0 bridgehead atoms. The second-order valence-electron chi connectivity index (χ2n) is 2.46. The first-order valence-electron chi connectivity index (χ1n) is 4.03. The van der Waals surface area contributed by atoms with Gasteiger partial charge in [0.25, 0.3) is 0 Å². The van der Waals surface area contributed by atoms with E-state index < -0.39 is 0 Å². The van der Waals surface area contributed by atoms with Crippen LogP contribution in [0.1, 0.15) is 26.2 Å². The van der Waals surface area contributed by atoms with Crippen LogP contribution in [0.4, 0.5) is 0 Å². The SMILES string of the molecule is C#CC(=C)CCOCCCC. The van der Waals surface area contributed by atoms with Crippen molar-refractivity contribution in [2.24, 2.45) is 0 Å². The smallest absolute Gasteiger partial charge is 0.0512 e. The Morgan fingerprint density at radius 2 is 2.27 bits per heavy atom. The van der Waals surface area contributed by atoms with Crippen molar-refractivity contribution in [3.8, 4) is 12.3 Å². The molecule has 0 aromatic rings. The molecule has 0 aliphatic rings. The molecule has 0 aromatic carbocycles. The fraction of sp³-hybridized carbons (Fsp3) is 0.600. The second kappa shape index (κ2) is 7.37. The normalized spacial score (nSPS) is 9.09. The molecular weight excluding hydrogens is 136 g/mol. The first kappa shape index (κ1) is 10.3. The van der Waals surface area contributed by atoms with E-state index in [1.54, 1.807) is 0 Å². The van der Waals surface area contributed by atoms with Crippen molar-refractivity contribution >= 4 is 0 Å². The number of unbranched alkanes of at least 4 members (excludes halogenated alkanes) is 1. The van der Waals surface area contributed by atoms with Crippen LogP contribution < -0.4 is 0 Å². The molecule has 1 nitrogen and oxygen atoms in total. The molecule has 0 rings (SSSR count). The lowest BCUT2D eigenvalue weighted by atomic mass is 10.2. The zero-order valence-electron chi connectivity index (χ0n) is 7.23. The Hall–Kier alpha value is -0.740. The van der Waals surface area contributed by atoms with Crippen LogP contribution in [-0.2, 0) is 4.74 Å². The summed E-state index contributed by atoms with van der Waals surface area (Å²) >= 11 is 0. The molecule has 0 N–H and O–H groups in total. The highest BCUT2D eigenvalue weighted by Gasteiger charge is 1.89. The fourth-order valence-electron chi connectivity index (χ4n) is 0.616. The molecule has 11 heavy (non-hydrogen) atoms. The van der Waals surface area contributed by atoms with E-state index in [1.165, 1.54) is 6.42 Å². The van der Waals surface area contributed by atoms with E-state index >= 15 is 0 Å². The Labute approximate surface area is 69.4 Å². The molecule has 0 spiro atoms. The molecule has 62 valence electrons. The number of hydrogen-bond acceptors (Lipinski definition) is 1. The first-order valence-corrected chi connectivity index (χ1v) is 4.03. The minimum Gasteiger partial charge on any atom is -0.381 e. The van der Waals surface area contributed by atoms with E-state index in [9.17, 15) is 0 Å². The van der Waals surface area contributed by atoms with Crippen LogP contribution >= 0.6 is 0 Å². The molecule has 0 aliphatic carbocycles. The third-order valence-corrected chi connectivity index (χ3v) is 1.39. The van der Waals surface area contributed by atoms with Crippen molar-refractivity contribution in [3.05, 3.63) is 12.2 Å². The predicted molar refractivity (Wildman–Crippen MR) is 48.3 cm³/mol. The Morgan fingerprint density at radius 1 is 1.55 bits per heavy atom. The van der Waals surface area contributed by atoms with Gasteiger partial charge in [-0.3, -0.25) is 0 Å². The minimum absolute atomic E-state index is 0.711. The predicted octanol–water partition coefficient (Wildman–Crippen LogP) is 2.38.